The van der Waals surface area contributed by atoms with Gasteiger partial charge in [0.25, 0.3) is 5.69 Å². The number of hydrogen-bond acceptors (Lipinski definition) is 6. The molecular formula is C18H13BrN2O6. The molecule has 0 aliphatic carbocycles. The molecule has 2 aromatic carbocycles. The average molecular weight is 433 g/mol. The Balaban J connectivity index is 2.45. The Morgan fingerprint density at radius 2 is 2.15 bits per heavy atom. The molecule has 9 heteroatoms. The second-order valence-corrected chi connectivity index (χ2v) is 6.05. The fourth-order valence-electron chi connectivity index (χ4n) is 2.23. The maximum atomic E-state index is 10.9. The maximum Gasteiger partial charge on any atom is 0.341 e. The summed E-state index contributed by atoms with van der Waals surface area (Å²) in [4.78, 5) is 21.1. The lowest BCUT2D eigenvalue weighted by molar-refractivity contribution is -0.384. The van der Waals surface area contributed by atoms with Crippen molar-refractivity contribution >= 4 is 39.2 Å². The van der Waals surface area contributed by atoms with E-state index in [0.717, 1.165) is 0 Å². The van der Waals surface area contributed by atoms with E-state index in [1.807, 2.05) is 6.07 Å². The summed E-state index contributed by atoms with van der Waals surface area (Å²) in [5, 5.41) is 29.1. The van der Waals surface area contributed by atoms with Crippen molar-refractivity contribution in [3.63, 3.8) is 0 Å². The monoisotopic (exact) mass is 432 g/mol. The van der Waals surface area contributed by atoms with E-state index in [9.17, 15) is 20.2 Å². The lowest BCUT2D eigenvalue weighted by Crippen LogP contribution is -2.10. The first-order valence-electron chi connectivity index (χ1n) is 7.44. The first kappa shape index (κ1) is 19.9. The van der Waals surface area contributed by atoms with E-state index < -0.39 is 17.5 Å². The number of ether oxygens (including phenoxy) is 2. The number of allylic oxidation sites excluding steroid dienone is 1. The van der Waals surface area contributed by atoms with Gasteiger partial charge in [-0.3, -0.25) is 10.1 Å². The summed E-state index contributed by atoms with van der Waals surface area (Å²) in [6.45, 7) is -0.540. The van der Waals surface area contributed by atoms with E-state index >= 15 is 0 Å². The summed E-state index contributed by atoms with van der Waals surface area (Å²) < 4.78 is 10.9. The maximum absolute atomic E-state index is 10.9. The van der Waals surface area contributed by atoms with Gasteiger partial charge in [0.1, 0.15) is 0 Å². The van der Waals surface area contributed by atoms with E-state index in [0.29, 0.717) is 15.6 Å². The molecule has 0 aliphatic heterocycles. The number of nitro benzene ring substituents is 1. The molecule has 0 saturated heterocycles. The molecule has 0 aliphatic rings. The average Bonchev–Trinajstić information content (AvgIpc) is 2.64. The number of carboxylic acids is 1. The third-order valence-electron chi connectivity index (χ3n) is 3.39. The van der Waals surface area contributed by atoms with Gasteiger partial charge in [0.05, 0.1) is 28.1 Å². The molecule has 0 radical (unpaired) electrons. The zero-order valence-corrected chi connectivity index (χ0v) is 15.6. The van der Waals surface area contributed by atoms with Gasteiger partial charge in [-0.25, -0.2) is 4.79 Å². The van der Waals surface area contributed by atoms with Crippen LogP contribution in [0.4, 0.5) is 5.69 Å². The van der Waals surface area contributed by atoms with E-state index in [2.05, 4.69) is 15.9 Å². The molecule has 0 spiro atoms. The number of carbonyl (C=O) groups is 1. The first-order chi connectivity index (χ1) is 12.8. The quantitative estimate of drug-likeness (QED) is 0.304. The highest BCUT2D eigenvalue weighted by Crippen LogP contribution is 2.37. The van der Waals surface area contributed by atoms with Crippen LogP contribution in [0.3, 0.4) is 0 Å². The van der Waals surface area contributed by atoms with Crippen molar-refractivity contribution in [2.24, 2.45) is 0 Å². The SMILES string of the molecule is COc1cc(/C=C(/C#N)c2cccc([N+](=O)[O-])c2)cc(Br)c1OCC(=O)O. The number of benzene rings is 2. The van der Waals surface area contributed by atoms with Crippen molar-refractivity contribution in [3.8, 4) is 17.6 Å². The second-order valence-electron chi connectivity index (χ2n) is 5.19. The topological polar surface area (TPSA) is 123 Å². The number of halogens is 1. The van der Waals surface area contributed by atoms with Gasteiger partial charge in [0.15, 0.2) is 18.1 Å². The number of nitrogens with zero attached hydrogens (tertiary/aromatic N) is 2. The van der Waals surface area contributed by atoms with Crippen LogP contribution in [0.1, 0.15) is 11.1 Å². The van der Waals surface area contributed by atoms with Crippen molar-refractivity contribution in [1.82, 2.24) is 0 Å². The highest BCUT2D eigenvalue weighted by Gasteiger charge is 2.14. The Bertz CT molecular complexity index is 965. The zero-order valence-electron chi connectivity index (χ0n) is 14.0. The smallest absolute Gasteiger partial charge is 0.341 e. The predicted molar refractivity (Wildman–Crippen MR) is 100 cm³/mol. The first-order valence-corrected chi connectivity index (χ1v) is 8.23. The standard InChI is InChI=1S/C18H13BrN2O6/c1-26-16-7-11(6-15(19)18(16)27-10-17(22)23)5-13(9-20)12-3-2-4-14(8-12)21(24)25/h2-8H,10H2,1H3,(H,22,23)/b13-5-. The molecule has 27 heavy (non-hydrogen) atoms. The van der Waals surface area contributed by atoms with Crippen LogP contribution in [0, 0.1) is 21.4 Å². The minimum atomic E-state index is -1.13. The van der Waals surface area contributed by atoms with Crippen molar-refractivity contribution in [1.29, 1.82) is 5.26 Å². The van der Waals surface area contributed by atoms with Gasteiger partial charge in [-0.2, -0.15) is 5.26 Å². The van der Waals surface area contributed by atoms with Crippen molar-refractivity contribution in [3.05, 3.63) is 62.1 Å². The number of aliphatic carboxylic acids is 1. The molecule has 0 bridgehead atoms. The van der Waals surface area contributed by atoms with Crippen LogP contribution in [-0.2, 0) is 4.79 Å². The molecule has 0 unspecified atom stereocenters. The number of methoxy groups -OCH3 is 1. The third kappa shape index (κ3) is 5.05. The van der Waals surface area contributed by atoms with Crippen LogP contribution in [0.25, 0.3) is 11.6 Å². The van der Waals surface area contributed by atoms with Crippen LogP contribution in [0.2, 0.25) is 0 Å². The Labute approximate surface area is 162 Å². The zero-order chi connectivity index (χ0) is 20.0. The second kappa shape index (κ2) is 8.82. The molecule has 2 aromatic rings. The Kier molecular flexibility index (Phi) is 6.51. The lowest BCUT2D eigenvalue weighted by atomic mass is 10.0. The normalized spacial score (nSPS) is 10.8. The minimum absolute atomic E-state index is 0.121. The summed E-state index contributed by atoms with van der Waals surface area (Å²) in [5.74, 6) is -0.649. The van der Waals surface area contributed by atoms with E-state index in [-0.39, 0.29) is 22.8 Å². The molecular weight excluding hydrogens is 420 g/mol. The molecule has 0 aromatic heterocycles. The summed E-state index contributed by atoms with van der Waals surface area (Å²) in [6.07, 6.45) is 1.54. The number of nitriles is 1. The molecule has 8 nitrogen and oxygen atoms in total. The summed E-state index contributed by atoms with van der Waals surface area (Å²) >= 11 is 3.29. The number of nitro groups is 1. The molecule has 0 atom stereocenters. The van der Waals surface area contributed by atoms with Gasteiger partial charge >= 0.3 is 5.97 Å². The van der Waals surface area contributed by atoms with Gasteiger partial charge in [0, 0.05) is 12.1 Å². The molecule has 2 rings (SSSR count). The minimum Gasteiger partial charge on any atom is -0.493 e. The highest BCUT2D eigenvalue weighted by atomic mass is 79.9. The molecule has 1 N–H and O–H groups in total. The van der Waals surface area contributed by atoms with Crippen LogP contribution in [0.15, 0.2) is 40.9 Å². The molecule has 138 valence electrons. The summed E-state index contributed by atoms with van der Waals surface area (Å²) in [7, 11) is 1.40. The van der Waals surface area contributed by atoms with Gasteiger partial charge in [-0.15, -0.1) is 0 Å². The molecule has 0 heterocycles. The highest BCUT2D eigenvalue weighted by molar-refractivity contribution is 9.10. The predicted octanol–water partition coefficient (Wildman–Crippen LogP) is 3.89. The summed E-state index contributed by atoms with van der Waals surface area (Å²) in [5.41, 5.74) is 1.05. The fourth-order valence-corrected chi connectivity index (χ4v) is 2.81. The van der Waals surface area contributed by atoms with Crippen LogP contribution in [-0.4, -0.2) is 29.7 Å². The largest absolute Gasteiger partial charge is 0.493 e. The van der Waals surface area contributed by atoms with E-state index in [1.165, 1.54) is 31.4 Å². The number of hydrogen-bond donors (Lipinski definition) is 1. The molecule has 0 fully saturated rings. The number of carboxylic acid groups (broad SMARTS) is 1. The Hall–Kier alpha value is -3.38. The van der Waals surface area contributed by atoms with Gasteiger partial charge in [-0.1, -0.05) is 12.1 Å². The van der Waals surface area contributed by atoms with E-state index in [1.54, 1.807) is 18.2 Å². The van der Waals surface area contributed by atoms with Gasteiger partial charge in [0.2, 0.25) is 0 Å². The lowest BCUT2D eigenvalue weighted by Gasteiger charge is -2.12. The third-order valence-corrected chi connectivity index (χ3v) is 3.98. The Morgan fingerprint density at radius 3 is 2.74 bits per heavy atom. The fraction of sp³-hybridized carbons (Fsp3) is 0.111. The van der Waals surface area contributed by atoms with Crippen molar-refractivity contribution < 1.29 is 24.3 Å². The Morgan fingerprint density at radius 1 is 1.41 bits per heavy atom. The van der Waals surface area contributed by atoms with E-state index in [4.69, 9.17) is 14.6 Å². The molecule has 0 amide bonds. The van der Waals surface area contributed by atoms with Gasteiger partial charge < -0.3 is 14.6 Å². The van der Waals surface area contributed by atoms with Crippen molar-refractivity contribution in [2.75, 3.05) is 13.7 Å². The van der Waals surface area contributed by atoms with Crippen molar-refractivity contribution in [2.45, 2.75) is 0 Å². The van der Waals surface area contributed by atoms with Crippen LogP contribution < -0.4 is 9.47 Å². The number of rotatable bonds is 7. The van der Waals surface area contributed by atoms with Gasteiger partial charge in [-0.05, 0) is 45.3 Å². The molecule has 0 saturated carbocycles. The summed E-state index contributed by atoms with van der Waals surface area (Å²) in [6, 6.07) is 10.9. The van der Waals surface area contributed by atoms with Crippen LogP contribution >= 0.6 is 15.9 Å². The number of non-ortho nitro benzene ring substituents is 1. The van der Waals surface area contributed by atoms with Crippen LogP contribution in [0.5, 0.6) is 11.5 Å².